The van der Waals surface area contributed by atoms with Crippen molar-refractivity contribution in [2.24, 2.45) is 5.41 Å². The van der Waals surface area contributed by atoms with Crippen molar-refractivity contribution in [1.29, 1.82) is 0 Å². The molecule has 100 valence electrons. The highest BCUT2D eigenvalue weighted by atomic mass is 16.5. The highest BCUT2D eigenvalue weighted by Crippen LogP contribution is 2.30. The number of hydrogen-bond donors (Lipinski definition) is 2. The van der Waals surface area contributed by atoms with E-state index in [4.69, 9.17) is 4.74 Å². The van der Waals surface area contributed by atoms with Crippen LogP contribution < -0.4 is 5.32 Å². The van der Waals surface area contributed by atoms with Gasteiger partial charge in [-0.25, -0.2) is 0 Å². The molecule has 1 heterocycles. The van der Waals surface area contributed by atoms with Gasteiger partial charge in [0.1, 0.15) is 0 Å². The Hall–Kier alpha value is -0.610. The van der Waals surface area contributed by atoms with Crippen LogP contribution in [0.3, 0.4) is 0 Å². The maximum atomic E-state index is 11.2. The fourth-order valence-electron chi connectivity index (χ4n) is 1.83. The Morgan fingerprint density at radius 1 is 1.35 bits per heavy atom. The number of carbonyl (C=O) groups is 1. The van der Waals surface area contributed by atoms with Gasteiger partial charge in [-0.15, -0.1) is 0 Å². The molecule has 4 heteroatoms. The zero-order valence-electron chi connectivity index (χ0n) is 11.4. The molecule has 1 aliphatic rings. The van der Waals surface area contributed by atoms with E-state index in [1.165, 1.54) is 6.42 Å². The third-order valence-corrected chi connectivity index (χ3v) is 4.14. The Labute approximate surface area is 104 Å². The number of hydrogen-bond acceptors (Lipinski definition) is 3. The van der Waals surface area contributed by atoms with Gasteiger partial charge in [0.25, 0.3) is 0 Å². The van der Waals surface area contributed by atoms with Crippen LogP contribution in [0.2, 0.25) is 0 Å². The molecular formula is C13H25NO3. The second-order valence-electron chi connectivity index (χ2n) is 5.92. The van der Waals surface area contributed by atoms with Crippen LogP contribution in [0, 0.1) is 5.41 Å². The van der Waals surface area contributed by atoms with Gasteiger partial charge in [0.15, 0.2) is 0 Å². The van der Waals surface area contributed by atoms with Crippen molar-refractivity contribution in [1.82, 2.24) is 5.32 Å². The van der Waals surface area contributed by atoms with Crippen LogP contribution in [0.1, 0.15) is 47.0 Å². The lowest BCUT2D eigenvalue weighted by molar-refractivity contribution is -0.151. The van der Waals surface area contributed by atoms with Crippen LogP contribution in [0.4, 0.5) is 0 Å². The van der Waals surface area contributed by atoms with E-state index in [1.807, 2.05) is 13.8 Å². The maximum absolute atomic E-state index is 11.2. The largest absolute Gasteiger partial charge is 0.481 e. The second-order valence-corrected chi connectivity index (χ2v) is 5.92. The normalized spacial score (nSPS) is 22.5. The maximum Gasteiger partial charge on any atom is 0.310 e. The van der Waals surface area contributed by atoms with E-state index in [2.05, 4.69) is 5.32 Å². The molecule has 1 rings (SSSR count). The van der Waals surface area contributed by atoms with Crippen LogP contribution in [0.5, 0.6) is 0 Å². The van der Waals surface area contributed by atoms with Crippen LogP contribution in [0.15, 0.2) is 0 Å². The van der Waals surface area contributed by atoms with Crippen LogP contribution >= 0.6 is 0 Å². The number of ether oxygens (including phenoxy) is 1. The molecule has 0 radical (unpaired) electrons. The van der Waals surface area contributed by atoms with Gasteiger partial charge in [-0.2, -0.15) is 0 Å². The summed E-state index contributed by atoms with van der Waals surface area (Å²) in [6.07, 6.45) is 3.64. The van der Waals surface area contributed by atoms with Crippen molar-refractivity contribution in [3.8, 4) is 0 Å². The quantitative estimate of drug-likeness (QED) is 0.775. The average molecular weight is 243 g/mol. The van der Waals surface area contributed by atoms with E-state index in [9.17, 15) is 9.90 Å². The molecule has 2 N–H and O–H groups in total. The molecule has 0 aromatic rings. The predicted molar refractivity (Wildman–Crippen MR) is 67.1 cm³/mol. The fraction of sp³-hybridized carbons (Fsp3) is 0.923. The summed E-state index contributed by atoms with van der Waals surface area (Å²) >= 11 is 0. The molecule has 0 bridgehead atoms. The summed E-state index contributed by atoms with van der Waals surface area (Å²) in [4.78, 5) is 11.2. The third-order valence-electron chi connectivity index (χ3n) is 4.14. The summed E-state index contributed by atoms with van der Waals surface area (Å²) < 4.78 is 5.64. The summed E-state index contributed by atoms with van der Waals surface area (Å²) in [7, 11) is 0. The van der Waals surface area contributed by atoms with Gasteiger partial charge >= 0.3 is 5.97 Å². The first-order valence-corrected chi connectivity index (χ1v) is 6.37. The molecule has 0 aliphatic carbocycles. The lowest BCUT2D eigenvalue weighted by Crippen LogP contribution is -2.56. The first-order chi connectivity index (χ1) is 7.77. The zero-order chi connectivity index (χ0) is 13.1. The molecule has 1 aliphatic heterocycles. The number of aliphatic carboxylic acids is 1. The van der Waals surface area contributed by atoms with Gasteiger partial charge in [0.05, 0.1) is 11.5 Å². The second kappa shape index (κ2) is 5.36. The van der Waals surface area contributed by atoms with E-state index < -0.39 is 16.9 Å². The smallest absolute Gasteiger partial charge is 0.310 e. The number of carboxylic acids is 1. The summed E-state index contributed by atoms with van der Waals surface area (Å²) in [5.41, 5.74) is -1.26. The Morgan fingerprint density at radius 2 is 2.00 bits per heavy atom. The van der Waals surface area contributed by atoms with Crippen molar-refractivity contribution in [2.75, 3.05) is 13.2 Å². The zero-order valence-corrected chi connectivity index (χ0v) is 11.4. The minimum atomic E-state index is -0.804. The SMILES string of the molecule is CC(C)(NCC1CCCCO1)C(C)(C)C(=O)O. The summed E-state index contributed by atoms with van der Waals surface area (Å²) in [6, 6.07) is 0. The first kappa shape index (κ1) is 14.5. The van der Waals surface area contributed by atoms with Gasteiger partial charge < -0.3 is 15.2 Å². The highest BCUT2D eigenvalue weighted by molar-refractivity contribution is 5.75. The Bertz CT molecular complexity index is 268. The van der Waals surface area contributed by atoms with Gasteiger partial charge in [0.2, 0.25) is 0 Å². The topological polar surface area (TPSA) is 58.6 Å². The van der Waals surface area contributed by atoms with E-state index in [1.54, 1.807) is 13.8 Å². The Kier molecular flexibility index (Phi) is 4.55. The average Bonchev–Trinajstić information content (AvgIpc) is 2.27. The lowest BCUT2D eigenvalue weighted by atomic mass is 9.74. The van der Waals surface area contributed by atoms with E-state index in [0.717, 1.165) is 26.0 Å². The molecule has 4 nitrogen and oxygen atoms in total. The minimum Gasteiger partial charge on any atom is -0.481 e. The molecule has 1 unspecified atom stereocenters. The van der Waals surface area contributed by atoms with Crippen molar-refractivity contribution >= 4 is 5.97 Å². The predicted octanol–water partition coefficient (Wildman–Crippen LogP) is 2.03. The van der Waals surface area contributed by atoms with Crippen molar-refractivity contribution in [3.63, 3.8) is 0 Å². The van der Waals surface area contributed by atoms with E-state index in [0.29, 0.717) is 0 Å². The van der Waals surface area contributed by atoms with Crippen molar-refractivity contribution < 1.29 is 14.6 Å². The molecule has 0 aromatic carbocycles. The van der Waals surface area contributed by atoms with Crippen molar-refractivity contribution in [3.05, 3.63) is 0 Å². The standard InChI is InChI=1S/C13H25NO3/c1-12(2,11(15)16)13(3,4)14-9-10-7-5-6-8-17-10/h10,14H,5-9H2,1-4H3,(H,15,16). The van der Waals surface area contributed by atoms with Crippen LogP contribution in [0.25, 0.3) is 0 Å². The lowest BCUT2D eigenvalue weighted by Gasteiger charge is -2.40. The molecule has 1 atom stereocenters. The fourth-order valence-corrected chi connectivity index (χ4v) is 1.83. The number of carboxylic acid groups (broad SMARTS) is 1. The Morgan fingerprint density at radius 3 is 2.47 bits per heavy atom. The van der Waals surface area contributed by atoms with Gasteiger partial charge in [-0.1, -0.05) is 0 Å². The van der Waals surface area contributed by atoms with Gasteiger partial charge in [-0.3, -0.25) is 4.79 Å². The molecule has 0 saturated carbocycles. The molecule has 1 saturated heterocycles. The monoisotopic (exact) mass is 243 g/mol. The molecule has 17 heavy (non-hydrogen) atoms. The number of nitrogens with one attached hydrogen (secondary N) is 1. The summed E-state index contributed by atoms with van der Waals surface area (Å²) in [5, 5.41) is 12.6. The summed E-state index contributed by atoms with van der Waals surface area (Å²) in [6.45, 7) is 8.93. The van der Waals surface area contributed by atoms with Crippen LogP contribution in [-0.2, 0) is 9.53 Å². The Balaban J connectivity index is 2.51. The molecule has 1 fully saturated rings. The first-order valence-electron chi connectivity index (χ1n) is 6.37. The van der Waals surface area contributed by atoms with E-state index in [-0.39, 0.29) is 6.10 Å². The van der Waals surface area contributed by atoms with Crippen molar-refractivity contribution in [2.45, 2.75) is 58.6 Å². The number of rotatable bonds is 5. The highest BCUT2D eigenvalue weighted by Gasteiger charge is 2.43. The van der Waals surface area contributed by atoms with Gasteiger partial charge in [-0.05, 0) is 47.0 Å². The van der Waals surface area contributed by atoms with Crippen LogP contribution in [-0.4, -0.2) is 35.9 Å². The molecule has 0 aromatic heterocycles. The van der Waals surface area contributed by atoms with Gasteiger partial charge in [0, 0.05) is 18.7 Å². The molecular weight excluding hydrogens is 218 g/mol. The third kappa shape index (κ3) is 3.42. The van der Waals surface area contributed by atoms with E-state index >= 15 is 0 Å². The molecule has 0 amide bonds. The minimum absolute atomic E-state index is 0.229. The molecule has 0 spiro atoms. The summed E-state index contributed by atoms with van der Waals surface area (Å²) in [5.74, 6) is -0.778.